The first kappa shape index (κ1) is 19.0. The van der Waals surface area contributed by atoms with E-state index in [-0.39, 0.29) is 51.0 Å². The highest BCUT2D eigenvalue weighted by molar-refractivity contribution is 6.41. The molecule has 4 rings (SSSR count). The Kier molecular flexibility index (Phi) is 4.76. The first-order valence-corrected chi connectivity index (χ1v) is 9.29. The van der Waals surface area contributed by atoms with Crippen molar-refractivity contribution < 1.29 is 28.7 Å². The number of benzene rings is 2. The van der Waals surface area contributed by atoms with Gasteiger partial charge in [0.15, 0.2) is 18.2 Å². The van der Waals surface area contributed by atoms with Gasteiger partial charge >= 0.3 is 5.97 Å². The quantitative estimate of drug-likeness (QED) is 0.614. The molecule has 7 nitrogen and oxygen atoms in total. The third-order valence-electron chi connectivity index (χ3n) is 4.95. The van der Waals surface area contributed by atoms with E-state index < -0.39 is 24.3 Å². The number of fused-ring (bicyclic) bond motifs is 2. The van der Waals surface area contributed by atoms with Crippen LogP contribution < -0.4 is 0 Å². The molecule has 0 N–H and O–H groups in total. The molecule has 1 fully saturated rings. The Bertz CT molecular complexity index is 1110. The fourth-order valence-corrected chi connectivity index (χ4v) is 3.83. The van der Waals surface area contributed by atoms with Crippen molar-refractivity contribution in [3.8, 4) is 0 Å². The minimum absolute atomic E-state index is 0.0640. The molecule has 0 aromatic heterocycles. The summed E-state index contributed by atoms with van der Waals surface area (Å²) in [4.78, 5) is 62.6. The smallest absolute Gasteiger partial charge is 0.340 e. The highest BCUT2D eigenvalue weighted by atomic mass is 35.5. The van der Waals surface area contributed by atoms with Crippen molar-refractivity contribution >= 4 is 41.0 Å². The molecule has 1 saturated heterocycles. The minimum Gasteiger partial charge on any atom is -0.452 e. The zero-order valence-corrected chi connectivity index (χ0v) is 15.8. The fraction of sp³-hybridized carbons (Fsp3) is 0.190. The lowest BCUT2D eigenvalue weighted by Crippen LogP contribution is -2.35. The van der Waals surface area contributed by atoms with E-state index in [1.807, 2.05) is 0 Å². The largest absolute Gasteiger partial charge is 0.452 e. The van der Waals surface area contributed by atoms with Gasteiger partial charge in [-0.05, 0) is 18.6 Å². The van der Waals surface area contributed by atoms with Crippen molar-refractivity contribution in [3.05, 3.63) is 69.2 Å². The van der Waals surface area contributed by atoms with Gasteiger partial charge in [0.1, 0.15) is 0 Å². The molecule has 1 aliphatic carbocycles. The van der Waals surface area contributed by atoms with Gasteiger partial charge in [0, 0.05) is 29.7 Å². The average Bonchev–Trinajstić information content (AvgIpc) is 3.15. The molecule has 0 unspecified atom stereocenters. The van der Waals surface area contributed by atoms with Crippen LogP contribution in [0.2, 0.25) is 5.02 Å². The Morgan fingerprint density at radius 1 is 0.966 bits per heavy atom. The number of likely N-dealkylation sites (tertiary alicyclic amines) is 1. The second-order valence-corrected chi connectivity index (χ2v) is 7.05. The molecular formula is C21H14ClNO6. The lowest BCUT2D eigenvalue weighted by molar-refractivity contribution is -0.143. The number of carbonyl (C=O) groups excluding carboxylic acids is 5. The van der Waals surface area contributed by atoms with Gasteiger partial charge in [0.05, 0.1) is 16.1 Å². The zero-order chi connectivity index (χ0) is 20.7. The molecule has 29 heavy (non-hydrogen) atoms. The summed E-state index contributed by atoms with van der Waals surface area (Å²) in [5.41, 5.74) is 0.392. The van der Waals surface area contributed by atoms with Crippen LogP contribution in [0.1, 0.15) is 55.0 Å². The van der Waals surface area contributed by atoms with Gasteiger partial charge in [-0.15, -0.1) is 0 Å². The number of hydrogen-bond donors (Lipinski definition) is 0. The summed E-state index contributed by atoms with van der Waals surface area (Å²) < 4.78 is 4.99. The maximum absolute atomic E-state index is 12.8. The Hall–Kier alpha value is -3.32. The van der Waals surface area contributed by atoms with E-state index >= 15 is 0 Å². The van der Waals surface area contributed by atoms with Gasteiger partial charge < -0.3 is 4.74 Å². The number of hydrogen-bond acceptors (Lipinski definition) is 6. The molecule has 0 radical (unpaired) electrons. The molecule has 2 aromatic carbocycles. The van der Waals surface area contributed by atoms with Crippen LogP contribution in [0.4, 0.5) is 0 Å². The number of halogens is 1. The summed E-state index contributed by atoms with van der Waals surface area (Å²) in [6, 6.07) is 9.00. The van der Waals surface area contributed by atoms with Crippen LogP contribution in [0, 0.1) is 0 Å². The normalized spacial score (nSPS) is 15.2. The predicted octanol–water partition coefficient (Wildman–Crippen LogP) is 2.42. The summed E-state index contributed by atoms with van der Waals surface area (Å²) in [5.74, 6) is -2.67. The molecular weight excluding hydrogens is 398 g/mol. The molecule has 2 amide bonds. The summed E-state index contributed by atoms with van der Waals surface area (Å²) in [6.07, 6.45) is 0.862. The summed E-state index contributed by atoms with van der Waals surface area (Å²) >= 11 is 6.29. The maximum atomic E-state index is 12.8. The van der Waals surface area contributed by atoms with Crippen molar-refractivity contribution in [1.29, 1.82) is 0 Å². The second-order valence-electron chi connectivity index (χ2n) is 6.67. The molecule has 0 saturated carbocycles. The number of ketones is 2. The Morgan fingerprint density at radius 3 is 2.31 bits per heavy atom. The van der Waals surface area contributed by atoms with Gasteiger partial charge in [-0.25, -0.2) is 4.79 Å². The molecule has 0 bridgehead atoms. The Morgan fingerprint density at radius 2 is 1.66 bits per heavy atom. The average molecular weight is 412 g/mol. The van der Waals surface area contributed by atoms with Gasteiger partial charge in [0.25, 0.3) is 5.91 Å². The number of carbonyl (C=O) groups is 5. The van der Waals surface area contributed by atoms with Crippen LogP contribution in [0.3, 0.4) is 0 Å². The number of nitrogens with zero attached hydrogens (tertiary/aromatic N) is 1. The van der Waals surface area contributed by atoms with Gasteiger partial charge in [-0.3, -0.25) is 24.1 Å². The second kappa shape index (κ2) is 7.25. The molecule has 2 aromatic rings. The van der Waals surface area contributed by atoms with E-state index in [0.717, 1.165) is 4.90 Å². The Balaban J connectivity index is 1.59. The highest BCUT2D eigenvalue weighted by Gasteiger charge is 2.34. The topological polar surface area (TPSA) is 97.8 Å². The first-order valence-electron chi connectivity index (χ1n) is 8.91. The van der Waals surface area contributed by atoms with E-state index in [9.17, 15) is 24.0 Å². The zero-order valence-electron chi connectivity index (χ0n) is 15.1. The molecule has 1 aliphatic heterocycles. The van der Waals surface area contributed by atoms with Crippen LogP contribution in [0.15, 0.2) is 36.4 Å². The van der Waals surface area contributed by atoms with Crippen molar-refractivity contribution in [2.75, 3.05) is 13.2 Å². The number of rotatable bonds is 3. The maximum Gasteiger partial charge on any atom is 0.340 e. The predicted molar refractivity (Wildman–Crippen MR) is 101 cm³/mol. The van der Waals surface area contributed by atoms with Crippen LogP contribution in [0.25, 0.3) is 0 Å². The number of amides is 2. The highest BCUT2D eigenvalue weighted by Crippen LogP contribution is 2.34. The lowest BCUT2D eigenvalue weighted by atomic mass is 9.83. The van der Waals surface area contributed by atoms with Crippen molar-refractivity contribution in [2.45, 2.75) is 12.8 Å². The molecule has 2 aliphatic rings. The fourth-order valence-electron chi connectivity index (χ4n) is 3.50. The number of imide groups is 1. The van der Waals surface area contributed by atoms with Crippen LogP contribution >= 0.6 is 11.6 Å². The van der Waals surface area contributed by atoms with Crippen molar-refractivity contribution in [2.24, 2.45) is 0 Å². The van der Waals surface area contributed by atoms with E-state index in [0.29, 0.717) is 13.0 Å². The molecule has 0 atom stereocenters. The number of esters is 1. The van der Waals surface area contributed by atoms with Crippen LogP contribution in [-0.2, 0) is 14.3 Å². The standard InChI is InChI=1S/C21H14ClNO6/c22-18-14(21(28)29-10-16(25)23-9-3-6-15(23)24)8-7-13-17(18)20(27)12-5-2-1-4-11(12)19(13)26/h1-2,4-5,7-8H,3,6,9-10H2. The first-order chi connectivity index (χ1) is 13.9. The third kappa shape index (κ3) is 3.13. The van der Waals surface area contributed by atoms with Crippen molar-refractivity contribution in [3.63, 3.8) is 0 Å². The van der Waals surface area contributed by atoms with Crippen LogP contribution in [-0.4, -0.2) is 47.4 Å². The minimum atomic E-state index is -0.920. The van der Waals surface area contributed by atoms with E-state index in [2.05, 4.69) is 0 Å². The molecule has 8 heteroatoms. The molecule has 146 valence electrons. The lowest BCUT2D eigenvalue weighted by Gasteiger charge is -2.19. The van der Waals surface area contributed by atoms with Gasteiger partial charge in [-0.1, -0.05) is 35.9 Å². The van der Waals surface area contributed by atoms with Crippen LogP contribution in [0.5, 0.6) is 0 Å². The van der Waals surface area contributed by atoms with Gasteiger partial charge in [-0.2, -0.15) is 0 Å². The summed E-state index contributed by atoms with van der Waals surface area (Å²) in [7, 11) is 0. The summed E-state index contributed by atoms with van der Waals surface area (Å²) in [5, 5.41) is -0.204. The molecule has 0 spiro atoms. The van der Waals surface area contributed by atoms with E-state index in [1.165, 1.54) is 18.2 Å². The van der Waals surface area contributed by atoms with E-state index in [1.54, 1.807) is 18.2 Å². The van der Waals surface area contributed by atoms with E-state index in [4.69, 9.17) is 16.3 Å². The summed E-state index contributed by atoms with van der Waals surface area (Å²) in [6.45, 7) is -0.321. The molecule has 1 heterocycles. The van der Waals surface area contributed by atoms with Gasteiger partial charge in [0.2, 0.25) is 5.91 Å². The van der Waals surface area contributed by atoms with Crippen molar-refractivity contribution in [1.82, 2.24) is 4.90 Å². The monoisotopic (exact) mass is 411 g/mol. The third-order valence-corrected chi connectivity index (χ3v) is 5.34. The Labute approximate surface area is 170 Å². The SMILES string of the molecule is O=C(OCC(=O)N1CCCC1=O)c1ccc2c(c1Cl)C(=O)c1ccccc1C2=O. The number of ether oxygens (including phenoxy) is 1.